The van der Waals surface area contributed by atoms with E-state index < -0.39 is 0 Å². The summed E-state index contributed by atoms with van der Waals surface area (Å²) in [5, 5.41) is 0. The smallest absolute Gasteiger partial charge is 0.104 e. The van der Waals surface area contributed by atoms with Crippen LogP contribution in [0.1, 0.15) is 11.1 Å². The van der Waals surface area contributed by atoms with E-state index in [1.807, 2.05) is 0 Å². The Bertz CT molecular complexity index is 465. The van der Waals surface area contributed by atoms with Crippen LogP contribution in [0.25, 0.3) is 0 Å². The number of quaternary nitrogens is 1. The van der Waals surface area contributed by atoms with Gasteiger partial charge in [0.2, 0.25) is 0 Å². The third-order valence-corrected chi connectivity index (χ3v) is 3.30. The van der Waals surface area contributed by atoms with Crippen molar-refractivity contribution in [3.63, 3.8) is 0 Å². The molecule has 102 valence electrons. The Morgan fingerprint density at radius 1 is 0.737 bits per heavy atom. The lowest BCUT2D eigenvalue weighted by Crippen LogP contribution is -3.00. The monoisotopic (exact) mass is 319 g/mol. The molecule has 0 spiro atoms. The number of halogens is 1. The molecule has 2 aromatic carbocycles. The number of nitrogens with zero attached hydrogens (tertiary/aromatic N) is 1. The maximum atomic E-state index is 2.30. The predicted octanol–water partition coefficient (Wildman–Crippen LogP) is 0.510. The van der Waals surface area contributed by atoms with Crippen LogP contribution in [0.15, 0.2) is 60.7 Å². The van der Waals surface area contributed by atoms with Gasteiger partial charge in [-0.1, -0.05) is 60.7 Å². The van der Waals surface area contributed by atoms with Crippen LogP contribution in [-0.4, -0.2) is 25.1 Å². The van der Waals surface area contributed by atoms with Crippen LogP contribution in [0.3, 0.4) is 0 Å². The van der Waals surface area contributed by atoms with E-state index in [0.717, 1.165) is 17.4 Å². The lowest BCUT2D eigenvalue weighted by atomic mass is 10.1. The topological polar surface area (TPSA) is 0 Å². The molecule has 0 saturated heterocycles. The summed E-state index contributed by atoms with van der Waals surface area (Å²) in [6.45, 7) is 2.26. The second kappa shape index (κ2) is 7.46. The van der Waals surface area contributed by atoms with E-state index in [4.69, 9.17) is 0 Å². The summed E-state index contributed by atoms with van der Waals surface area (Å²) in [5.74, 6) is 0. The number of rotatable bonds is 5. The molecule has 0 heterocycles. The summed E-state index contributed by atoms with van der Waals surface area (Å²) in [7, 11) is 4.60. The van der Waals surface area contributed by atoms with E-state index in [1.54, 1.807) is 0 Å². The molecule has 2 aromatic rings. The van der Waals surface area contributed by atoms with Gasteiger partial charge in [0.05, 0.1) is 20.6 Å². The van der Waals surface area contributed by atoms with Crippen LogP contribution in [0.2, 0.25) is 0 Å². The van der Waals surface area contributed by atoms with E-state index >= 15 is 0 Å². The number of likely N-dealkylation sites (N-methyl/N-ethyl adjacent to an activating group) is 1. The Morgan fingerprint density at radius 3 is 1.74 bits per heavy atom. The summed E-state index contributed by atoms with van der Waals surface area (Å²) in [6.07, 6.45) is 1.14. The first kappa shape index (κ1) is 15.9. The minimum absolute atomic E-state index is 0. The molecule has 0 unspecified atom stereocenters. The Kier molecular flexibility index (Phi) is 6.26. The van der Waals surface area contributed by atoms with Crippen LogP contribution in [0.5, 0.6) is 0 Å². The molecule has 0 amide bonds. The van der Waals surface area contributed by atoms with Crippen molar-refractivity contribution in [2.45, 2.75) is 13.0 Å². The maximum absolute atomic E-state index is 2.30. The summed E-state index contributed by atoms with van der Waals surface area (Å²) < 4.78 is 1.03. The Hall–Kier alpha value is -1.12. The zero-order valence-corrected chi connectivity index (χ0v) is 13.3. The van der Waals surface area contributed by atoms with Crippen molar-refractivity contribution in [1.82, 2.24) is 0 Å². The van der Waals surface area contributed by atoms with Crippen LogP contribution in [0, 0.1) is 0 Å². The first-order valence-corrected chi connectivity index (χ1v) is 6.56. The first-order valence-electron chi connectivity index (χ1n) is 6.56. The molecule has 19 heavy (non-hydrogen) atoms. The fraction of sp³-hybridized carbons (Fsp3) is 0.294. The van der Waals surface area contributed by atoms with E-state index in [9.17, 15) is 0 Å². The zero-order chi connectivity index (χ0) is 12.8. The Labute approximate surface area is 127 Å². The fourth-order valence-electron chi connectivity index (χ4n) is 2.23. The highest BCUT2D eigenvalue weighted by Gasteiger charge is 2.15. The van der Waals surface area contributed by atoms with Crippen molar-refractivity contribution in [2.75, 3.05) is 20.6 Å². The van der Waals surface area contributed by atoms with Crippen molar-refractivity contribution >= 4 is 0 Å². The third kappa shape index (κ3) is 5.58. The molecule has 2 heteroatoms. The normalized spacial score (nSPS) is 10.8. The van der Waals surface area contributed by atoms with Crippen molar-refractivity contribution in [3.8, 4) is 0 Å². The van der Waals surface area contributed by atoms with Gasteiger partial charge in [0.1, 0.15) is 6.54 Å². The second-order valence-electron chi connectivity index (χ2n) is 5.54. The largest absolute Gasteiger partial charge is 1.00 e. The zero-order valence-electron chi connectivity index (χ0n) is 11.7. The van der Waals surface area contributed by atoms with Crippen molar-refractivity contribution < 1.29 is 21.5 Å². The Balaban J connectivity index is 0.00000180. The van der Waals surface area contributed by atoms with Crippen LogP contribution >= 0.6 is 0 Å². The van der Waals surface area contributed by atoms with Crippen LogP contribution in [0.4, 0.5) is 0 Å². The molecule has 1 nitrogen and oxygen atoms in total. The first-order chi connectivity index (χ1) is 8.66. The average Bonchev–Trinajstić information content (AvgIpc) is 2.38. The van der Waals surface area contributed by atoms with Crippen molar-refractivity contribution in [3.05, 3.63) is 71.8 Å². The summed E-state index contributed by atoms with van der Waals surface area (Å²) >= 11 is 0. The summed E-state index contributed by atoms with van der Waals surface area (Å²) in [6, 6.07) is 21.5. The minimum atomic E-state index is 0. The van der Waals surface area contributed by atoms with Gasteiger partial charge in [0.25, 0.3) is 0 Å². The quantitative estimate of drug-likeness (QED) is 0.705. The molecular weight excluding hydrogens is 298 g/mol. The van der Waals surface area contributed by atoms with E-state index in [-0.39, 0.29) is 17.0 Å². The SMILES string of the molecule is C[N+](C)(CCc1ccccc1)Cc1ccccc1.[Br-]. The maximum Gasteiger partial charge on any atom is 0.104 e. The number of hydrogen-bond donors (Lipinski definition) is 0. The lowest BCUT2D eigenvalue weighted by molar-refractivity contribution is -0.903. The minimum Gasteiger partial charge on any atom is -1.00 e. The van der Waals surface area contributed by atoms with E-state index in [1.165, 1.54) is 17.7 Å². The molecule has 0 N–H and O–H groups in total. The number of benzene rings is 2. The molecule has 0 aliphatic carbocycles. The highest BCUT2D eigenvalue weighted by Crippen LogP contribution is 2.11. The molecule has 0 saturated carbocycles. The predicted molar refractivity (Wildman–Crippen MR) is 77.3 cm³/mol. The molecule has 0 aromatic heterocycles. The van der Waals surface area contributed by atoms with Crippen LogP contribution < -0.4 is 17.0 Å². The van der Waals surface area contributed by atoms with Gasteiger partial charge in [-0.2, -0.15) is 0 Å². The standard InChI is InChI=1S/C17H22N.BrH/c1-18(2,15-17-11-7-4-8-12-17)14-13-16-9-5-3-6-10-16;/h3-12H,13-15H2,1-2H3;1H/q+1;/p-1. The molecule has 0 atom stereocenters. The van der Waals surface area contributed by atoms with Crippen molar-refractivity contribution in [1.29, 1.82) is 0 Å². The summed E-state index contributed by atoms with van der Waals surface area (Å²) in [5.41, 5.74) is 2.84. The lowest BCUT2D eigenvalue weighted by Gasteiger charge is -2.30. The van der Waals surface area contributed by atoms with Crippen molar-refractivity contribution in [2.24, 2.45) is 0 Å². The third-order valence-electron chi connectivity index (χ3n) is 3.30. The fourth-order valence-corrected chi connectivity index (χ4v) is 2.23. The molecule has 0 aliphatic heterocycles. The van der Waals surface area contributed by atoms with Gasteiger partial charge < -0.3 is 21.5 Å². The molecule has 0 fully saturated rings. The molecule has 2 rings (SSSR count). The molecule has 0 radical (unpaired) electrons. The van der Waals surface area contributed by atoms with Crippen LogP contribution in [-0.2, 0) is 13.0 Å². The van der Waals surface area contributed by atoms with E-state index in [0.29, 0.717) is 0 Å². The van der Waals surface area contributed by atoms with Gasteiger partial charge in [-0.3, -0.25) is 0 Å². The highest BCUT2D eigenvalue weighted by molar-refractivity contribution is 5.15. The van der Waals surface area contributed by atoms with Gasteiger partial charge >= 0.3 is 0 Å². The van der Waals surface area contributed by atoms with Gasteiger partial charge in [-0.05, 0) is 5.56 Å². The molecular formula is C17H22BrN. The van der Waals surface area contributed by atoms with Gasteiger partial charge in [-0.15, -0.1) is 0 Å². The van der Waals surface area contributed by atoms with Gasteiger partial charge in [0, 0.05) is 12.0 Å². The number of hydrogen-bond acceptors (Lipinski definition) is 0. The second-order valence-corrected chi connectivity index (χ2v) is 5.54. The van der Waals surface area contributed by atoms with Gasteiger partial charge in [0.15, 0.2) is 0 Å². The molecule has 0 bridgehead atoms. The molecule has 0 aliphatic rings. The average molecular weight is 320 g/mol. The Morgan fingerprint density at radius 2 is 1.21 bits per heavy atom. The highest BCUT2D eigenvalue weighted by atomic mass is 79.9. The summed E-state index contributed by atoms with van der Waals surface area (Å²) in [4.78, 5) is 0. The van der Waals surface area contributed by atoms with E-state index in [2.05, 4.69) is 74.8 Å². The van der Waals surface area contributed by atoms with Gasteiger partial charge in [-0.25, -0.2) is 0 Å².